The van der Waals surface area contributed by atoms with Gasteiger partial charge in [0.15, 0.2) is 5.75 Å². The highest BCUT2D eigenvalue weighted by Gasteiger charge is 2.42. The maximum Gasteiger partial charge on any atom is 0.410 e. The van der Waals surface area contributed by atoms with Crippen LogP contribution in [0.3, 0.4) is 0 Å². The third kappa shape index (κ3) is 5.49. The number of fused-ring (bicyclic) bond motifs is 2. The number of ether oxygens (including phenoxy) is 2. The first kappa shape index (κ1) is 27.8. The van der Waals surface area contributed by atoms with Crippen molar-refractivity contribution >= 4 is 41.0 Å². The fourth-order valence-corrected chi connectivity index (χ4v) is 5.95. The lowest BCUT2D eigenvalue weighted by Crippen LogP contribution is -2.58. The van der Waals surface area contributed by atoms with E-state index in [0.717, 1.165) is 13.1 Å². The predicted octanol–water partition coefficient (Wildman–Crippen LogP) is 4.65. The quantitative estimate of drug-likeness (QED) is 0.515. The molecule has 1 aromatic heterocycles. The molecule has 2 fully saturated rings. The Morgan fingerprint density at radius 1 is 1.08 bits per heavy atom. The van der Waals surface area contributed by atoms with Crippen molar-refractivity contribution in [1.29, 1.82) is 0 Å². The summed E-state index contributed by atoms with van der Waals surface area (Å²) >= 11 is 13.5. The number of nitrogens with zero attached hydrogens (tertiary/aromatic N) is 5. The molecule has 0 unspecified atom stereocenters. The number of carbonyl (C=O) groups excluding carboxylic acids is 2. The molecule has 2 amide bonds. The summed E-state index contributed by atoms with van der Waals surface area (Å²) in [5, 5.41) is 0.760. The Morgan fingerprint density at radius 2 is 1.79 bits per heavy atom. The number of amides is 2. The molecule has 2 aromatic rings. The number of hydrogen-bond acceptors (Lipinski definition) is 7. The minimum absolute atomic E-state index is 0.108. The highest BCUT2D eigenvalue weighted by molar-refractivity contribution is 6.37. The topological polar surface area (TPSA) is 78.5 Å². The van der Waals surface area contributed by atoms with Crippen LogP contribution in [0.2, 0.25) is 10.0 Å². The molecule has 4 heterocycles. The Labute approximate surface area is 239 Å². The second-order valence-electron chi connectivity index (χ2n) is 11.5. The molecule has 2 saturated heterocycles. The number of pyridine rings is 1. The van der Waals surface area contributed by atoms with Crippen LogP contribution in [0.4, 0.5) is 10.6 Å². The van der Waals surface area contributed by atoms with Gasteiger partial charge >= 0.3 is 6.09 Å². The summed E-state index contributed by atoms with van der Waals surface area (Å²) in [6.07, 6.45) is -0.399. The van der Waals surface area contributed by atoms with E-state index in [-0.39, 0.29) is 29.6 Å². The van der Waals surface area contributed by atoms with Gasteiger partial charge in [-0.2, -0.15) is 0 Å². The largest absolute Gasteiger partial charge is 0.489 e. The normalized spacial score (nSPS) is 22.1. The molecule has 9 nitrogen and oxygen atoms in total. The van der Waals surface area contributed by atoms with Crippen molar-refractivity contribution < 1.29 is 19.1 Å². The standard InChI is InChI=1S/C28H35Cl2N5O4/c1-17-14-32(5)10-12-34(17)25-21-24(22(30)23(31-25)19-8-6-7-9-20(19)29)38-16-18-15-33(11-13-35(18)26(21)36)27(37)39-28(2,3)4/h6-9,17-18H,10-16H2,1-5H3/t17-,18+/m0/s1. The smallest absolute Gasteiger partial charge is 0.410 e. The third-order valence-corrected chi connectivity index (χ3v) is 8.02. The Bertz CT molecular complexity index is 1280. The van der Waals surface area contributed by atoms with Crippen molar-refractivity contribution in [3.05, 3.63) is 39.9 Å². The molecule has 0 N–H and O–H groups in total. The van der Waals surface area contributed by atoms with E-state index in [9.17, 15) is 9.59 Å². The van der Waals surface area contributed by atoms with E-state index in [4.69, 9.17) is 37.7 Å². The number of anilines is 1. The van der Waals surface area contributed by atoms with E-state index >= 15 is 0 Å². The summed E-state index contributed by atoms with van der Waals surface area (Å²) in [6, 6.07) is 7.12. The van der Waals surface area contributed by atoms with Crippen LogP contribution < -0.4 is 9.64 Å². The average Bonchev–Trinajstić information content (AvgIpc) is 3.01. The first-order valence-corrected chi connectivity index (χ1v) is 14.1. The zero-order valence-electron chi connectivity index (χ0n) is 23.0. The zero-order valence-corrected chi connectivity index (χ0v) is 24.6. The summed E-state index contributed by atoms with van der Waals surface area (Å²) in [5.74, 6) is 0.661. The van der Waals surface area contributed by atoms with Crippen LogP contribution in [0.1, 0.15) is 38.1 Å². The number of benzene rings is 1. The Balaban J connectivity index is 1.57. The van der Waals surface area contributed by atoms with Crippen LogP contribution in [0, 0.1) is 0 Å². The third-order valence-electron chi connectivity index (χ3n) is 7.34. The number of aromatic nitrogens is 1. The number of piperazine rings is 2. The molecule has 0 radical (unpaired) electrons. The Morgan fingerprint density at radius 3 is 2.49 bits per heavy atom. The van der Waals surface area contributed by atoms with Crippen molar-refractivity contribution in [3.8, 4) is 17.0 Å². The van der Waals surface area contributed by atoms with Crippen LogP contribution >= 0.6 is 23.2 Å². The monoisotopic (exact) mass is 575 g/mol. The van der Waals surface area contributed by atoms with Gasteiger partial charge in [0.1, 0.15) is 28.6 Å². The Kier molecular flexibility index (Phi) is 7.61. The van der Waals surface area contributed by atoms with Gasteiger partial charge in [-0.1, -0.05) is 41.4 Å². The lowest BCUT2D eigenvalue weighted by Gasteiger charge is -2.41. The van der Waals surface area contributed by atoms with E-state index in [1.165, 1.54) is 0 Å². The molecule has 0 saturated carbocycles. The van der Waals surface area contributed by atoms with Crippen LogP contribution in [-0.2, 0) is 4.74 Å². The number of hydrogen-bond donors (Lipinski definition) is 0. The van der Waals surface area contributed by atoms with E-state index in [0.29, 0.717) is 59.6 Å². The molecule has 2 atom stereocenters. The van der Waals surface area contributed by atoms with Gasteiger partial charge in [0.05, 0.1) is 16.8 Å². The van der Waals surface area contributed by atoms with Crippen molar-refractivity contribution in [1.82, 2.24) is 19.7 Å². The average molecular weight is 577 g/mol. The molecule has 11 heteroatoms. The van der Waals surface area contributed by atoms with E-state index < -0.39 is 11.7 Å². The molecule has 3 aliphatic heterocycles. The highest BCUT2D eigenvalue weighted by Crippen LogP contribution is 2.45. The maximum absolute atomic E-state index is 14.2. The molecule has 0 aliphatic carbocycles. The fraction of sp³-hybridized carbons (Fsp3) is 0.536. The highest BCUT2D eigenvalue weighted by atomic mass is 35.5. The van der Waals surface area contributed by atoms with E-state index in [1.807, 2.05) is 39.0 Å². The van der Waals surface area contributed by atoms with Crippen LogP contribution in [-0.4, -0.2) is 102 Å². The van der Waals surface area contributed by atoms with Gasteiger partial charge in [-0.25, -0.2) is 9.78 Å². The van der Waals surface area contributed by atoms with Gasteiger partial charge in [-0.3, -0.25) is 4.79 Å². The molecule has 39 heavy (non-hydrogen) atoms. The number of likely N-dealkylation sites (N-methyl/N-ethyl adjacent to an activating group) is 1. The minimum atomic E-state index is -0.608. The lowest BCUT2D eigenvalue weighted by atomic mass is 10.0. The lowest BCUT2D eigenvalue weighted by molar-refractivity contribution is 0.000952. The second kappa shape index (κ2) is 10.7. The van der Waals surface area contributed by atoms with Crippen molar-refractivity contribution in [3.63, 3.8) is 0 Å². The van der Waals surface area contributed by atoms with Crippen LogP contribution in [0.25, 0.3) is 11.3 Å². The molecule has 0 bridgehead atoms. The summed E-state index contributed by atoms with van der Waals surface area (Å²) < 4.78 is 11.9. The van der Waals surface area contributed by atoms with E-state index in [1.54, 1.807) is 15.9 Å². The van der Waals surface area contributed by atoms with E-state index in [2.05, 4.69) is 23.8 Å². The Hall–Kier alpha value is -2.75. The molecular weight excluding hydrogens is 541 g/mol. The summed E-state index contributed by atoms with van der Waals surface area (Å²) in [6.45, 7) is 11.2. The maximum atomic E-state index is 14.2. The van der Waals surface area contributed by atoms with Gasteiger partial charge in [-0.05, 0) is 40.8 Å². The van der Waals surface area contributed by atoms with Crippen LogP contribution in [0.5, 0.6) is 5.75 Å². The van der Waals surface area contributed by atoms with Gasteiger partial charge in [0.25, 0.3) is 5.91 Å². The summed E-state index contributed by atoms with van der Waals surface area (Å²) in [5.41, 5.74) is 0.901. The first-order valence-electron chi connectivity index (χ1n) is 13.3. The summed E-state index contributed by atoms with van der Waals surface area (Å²) in [4.78, 5) is 39.9. The molecular formula is C28H35Cl2N5O4. The second-order valence-corrected chi connectivity index (χ2v) is 12.3. The van der Waals surface area contributed by atoms with Gasteiger partial charge < -0.3 is 29.1 Å². The minimum Gasteiger partial charge on any atom is -0.489 e. The molecule has 5 rings (SSSR count). The van der Waals surface area contributed by atoms with Crippen LogP contribution in [0.15, 0.2) is 24.3 Å². The van der Waals surface area contributed by atoms with Gasteiger partial charge in [-0.15, -0.1) is 0 Å². The molecule has 0 spiro atoms. The number of halogens is 2. The van der Waals surface area contributed by atoms with Crippen molar-refractivity contribution in [2.75, 3.05) is 57.8 Å². The van der Waals surface area contributed by atoms with Gasteiger partial charge in [0, 0.05) is 50.9 Å². The first-order chi connectivity index (χ1) is 18.4. The number of carbonyl (C=O) groups is 2. The SMILES string of the molecule is C[C@H]1CN(C)CCN1c1nc(-c2ccccc2Cl)c(Cl)c2c1C(=O)N1CCN(C(=O)OC(C)(C)C)C[C@@H]1CO2. The predicted molar refractivity (Wildman–Crippen MR) is 152 cm³/mol. The van der Waals surface area contributed by atoms with Crippen molar-refractivity contribution in [2.24, 2.45) is 0 Å². The molecule has 3 aliphatic rings. The summed E-state index contributed by atoms with van der Waals surface area (Å²) in [7, 11) is 2.09. The van der Waals surface area contributed by atoms with Gasteiger partial charge in [0.2, 0.25) is 0 Å². The molecule has 210 valence electrons. The molecule has 1 aromatic carbocycles. The van der Waals surface area contributed by atoms with Crippen molar-refractivity contribution in [2.45, 2.75) is 45.4 Å². The fourth-order valence-electron chi connectivity index (χ4n) is 5.43. The zero-order chi connectivity index (χ0) is 28.1. The number of rotatable bonds is 2.